The van der Waals surface area contributed by atoms with Crippen molar-refractivity contribution in [2.24, 2.45) is 0 Å². The average molecular weight is 426 g/mol. The highest BCUT2D eigenvalue weighted by atomic mass is 32.2. The third-order valence-corrected chi connectivity index (χ3v) is 6.61. The number of rotatable bonds is 5. The van der Waals surface area contributed by atoms with Gasteiger partial charge in [0.2, 0.25) is 15.9 Å². The fourth-order valence-electron chi connectivity index (χ4n) is 3.65. The Balaban J connectivity index is 1.53. The molecule has 0 aliphatic carbocycles. The van der Waals surface area contributed by atoms with Crippen LogP contribution in [0.2, 0.25) is 0 Å². The van der Waals surface area contributed by atoms with Gasteiger partial charge in [-0.25, -0.2) is 23.1 Å². The number of carbonyl (C=O) groups is 1. The molecule has 1 N–H and O–H groups in total. The Hall–Kier alpha value is -3.04. The first-order chi connectivity index (χ1) is 14.3. The number of nitrogens with zero attached hydrogens (tertiary/aromatic N) is 4. The van der Waals surface area contributed by atoms with E-state index in [1.54, 1.807) is 41.6 Å². The van der Waals surface area contributed by atoms with Crippen molar-refractivity contribution in [3.63, 3.8) is 0 Å². The van der Waals surface area contributed by atoms with Crippen LogP contribution >= 0.6 is 0 Å². The van der Waals surface area contributed by atoms with Gasteiger partial charge in [-0.2, -0.15) is 0 Å². The summed E-state index contributed by atoms with van der Waals surface area (Å²) in [6, 6.07) is 8.54. The molecule has 0 saturated carbocycles. The summed E-state index contributed by atoms with van der Waals surface area (Å²) in [5.41, 5.74) is 2.46. The van der Waals surface area contributed by atoms with E-state index in [1.165, 1.54) is 6.92 Å². The Morgan fingerprint density at radius 3 is 2.73 bits per heavy atom. The Morgan fingerprint density at radius 1 is 1.17 bits per heavy atom. The lowest BCUT2D eigenvalue weighted by atomic mass is 10.0. The number of aromatic nitrogens is 3. The maximum atomic E-state index is 12.9. The van der Waals surface area contributed by atoms with Crippen molar-refractivity contribution in [1.29, 1.82) is 0 Å². The standard InChI is InChI=1S/C21H23N5O3S/c1-15-22-9-11-25(15)21-12-17(7-8-23-21)14-24-30(28,29)19-5-6-20-18(13-19)4-3-10-26(20)16(2)27/h5-9,11-13,24H,3-4,10,14H2,1-2H3. The molecule has 0 unspecified atom stereocenters. The van der Waals surface area contributed by atoms with E-state index in [9.17, 15) is 13.2 Å². The topological polar surface area (TPSA) is 97.2 Å². The Morgan fingerprint density at radius 2 is 2.00 bits per heavy atom. The first-order valence-corrected chi connectivity index (χ1v) is 11.2. The van der Waals surface area contributed by atoms with Crippen LogP contribution in [0.25, 0.3) is 5.82 Å². The van der Waals surface area contributed by atoms with E-state index < -0.39 is 10.0 Å². The van der Waals surface area contributed by atoms with Crippen LogP contribution in [-0.2, 0) is 27.8 Å². The van der Waals surface area contributed by atoms with Gasteiger partial charge >= 0.3 is 0 Å². The molecule has 4 rings (SSSR count). The van der Waals surface area contributed by atoms with E-state index in [1.807, 2.05) is 23.8 Å². The molecule has 3 heterocycles. The van der Waals surface area contributed by atoms with Crippen LogP contribution < -0.4 is 9.62 Å². The molecule has 8 nitrogen and oxygen atoms in total. The molecule has 156 valence electrons. The van der Waals surface area contributed by atoms with Crippen molar-refractivity contribution in [3.05, 3.63) is 65.9 Å². The van der Waals surface area contributed by atoms with Gasteiger partial charge in [-0.1, -0.05) is 0 Å². The number of imidazole rings is 1. The number of amides is 1. The molecule has 1 amide bonds. The molecular formula is C21H23N5O3S. The molecule has 0 spiro atoms. The Labute approximate surface area is 175 Å². The van der Waals surface area contributed by atoms with Crippen molar-refractivity contribution in [1.82, 2.24) is 19.3 Å². The molecule has 0 fully saturated rings. The SMILES string of the molecule is CC(=O)N1CCCc2cc(S(=O)(=O)NCc3ccnc(-n4ccnc4C)c3)ccc21. The van der Waals surface area contributed by atoms with Gasteiger partial charge < -0.3 is 4.90 Å². The van der Waals surface area contributed by atoms with Crippen molar-refractivity contribution in [3.8, 4) is 5.82 Å². The summed E-state index contributed by atoms with van der Waals surface area (Å²) in [4.78, 5) is 22.2. The van der Waals surface area contributed by atoms with E-state index in [0.29, 0.717) is 12.4 Å². The molecule has 0 bridgehead atoms. The number of sulfonamides is 1. The number of benzene rings is 1. The van der Waals surface area contributed by atoms with E-state index in [2.05, 4.69) is 14.7 Å². The van der Waals surface area contributed by atoms with Crippen molar-refractivity contribution < 1.29 is 13.2 Å². The highest BCUT2D eigenvalue weighted by molar-refractivity contribution is 7.89. The fourth-order valence-corrected chi connectivity index (χ4v) is 4.72. The quantitative estimate of drug-likeness (QED) is 0.677. The van der Waals surface area contributed by atoms with E-state index >= 15 is 0 Å². The number of carbonyl (C=O) groups excluding carboxylic acids is 1. The van der Waals surface area contributed by atoms with Crippen LogP contribution in [0.3, 0.4) is 0 Å². The summed E-state index contributed by atoms with van der Waals surface area (Å²) >= 11 is 0. The minimum atomic E-state index is -3.70. The van der Waals surface area contributed by atoms with Gasteiger partial charge in [0.15, 0.2) is 0 Å². The van der Waals surface area contributed by atoms with Gasteiger partial charge in [0.1, 0.15) is 11.6 Å². The molecule has 1 aliphatic rings. The number of hydrogen-bond donors (Lipinski definition) is 1. The predicted octanol–water partition coefficient (Wildman–Crippen LogP) is 2.35. The molecule has 2 aromatic heterocycles. The molecule has 3 aromatic rings. The van der Waals surface area contributed by atoms with Crippen LogP contribution in [0.5, 0.6) is 0 Å². The van der Waals surface area contributed by atoms with E-state index in [-0.39, 0.29) is 17.3 Å². The van der Waals surface area contributed by atoms with Crippen LogP contribution in [0.1, 0.15) is 30.3 Å². The smallest absolute Gasteiger partial charge is 0.240 e. The van der Waals surface area contributed by atoms with Gasteiger partial charge in [0, 0.05) is 44.3 Å². The van der Waals surface area contributed by atoms with Gasteiger partial charge in [0.05, 0.1) is 4.90 Å². The third-order valence-electron chi connectivity index (χ3n) is 5.21. The highest BCUT2D eigenvalue weighted by Gasteiger charge is 2.23. The minimum Gasteiger partial charge on any atom is -0.312 e. The number of anilines is 1. The third kappa shape index (κ3) is 3.99. The summed E-state index contributed by atoms with van der Waals surface area (Å²) in [6.07, 6.45) is 6.71. The van der Waals surface area contributed by atoms with Gasteiger partial charge in [0.25, 0.3) is 0 Å². The van der Waals surface area contributed by atoms with Crippen LogP contribution in [0, 0.1) is 6.92 Å². The lowest BCUT2D eigenvalue weighted by Gasteiger charge is -2.28. The highest BCUT2D eigenvalue weighted by Crippen LogP contribution is 2.29. The molecule has 0 atom stereocenters. The van der Waals surface area contributed by atoms with Crippen LogP contribution in [-0.4, -0.2) is 35.4 Å². The molecule has 30 heavy (non-hydrogen) atoms. The summed E-state index contributed by atoms with van der Waals surface area (Å²) in [5.74, 6) is 1.44. The Kier molecular flexibility index (Phi) is 5.40. The largest absolute Gasteiger partial charge is 0.312 e. The number of hydrogen-bond acceptors (Lipinski definition) is 5. The maximum absolute atomic E-state index is 12.9. The zero-order valence-corrected chi connectivity index (χ0v) is 17.7. The number of nitrogens with one attached hydrogen (secondary N) is 1. The number of aryl methyl sites for hydroxylation is 2. The predicted molar refractivity (Wildman–Crippen MR) is 113 cm³/mol. The second-order valence-electron chi connectivity index (χ2n) is 7.26. The normalized spacial score (nSPS) is 13.9. The molecule has 0 radical (unpaired) electrons. The maximum Gasteiger partial charge on any atom is 0.240 e. The lowest BCUT2D eigenvalue weighted by Crippen LogP contribution is -2.33. The molecule has 1 aliphatic heterocycles. The summed E-state index contributed by atoms with van der Waals surface area (Å²) in [7, 11) is -3.70. The van der Waals surface area contributed by atoms with E-state index in [4.69, 9.17) is 0 Å². The lowest BCUT2D eigenvalue weighted by molar-refractivity contribution is -0.116. The molecule has 1 aromatic carbocycles. The van der Waals surface area contributed by atoms with Crippen LogP contribution in [0.15, 0.2) is 53.8 Å². The monoisotopic (exact) mass is 425 g/mol. The second kappa shape index (κ2) is 8.00. The minimum absolute atomic E-state index is 0.0358. The van der Waals surface area contributed by atoms with Gasteiger partial charge in [-0.05, 0) is 61.2 Å². The van der Waals surface area contributed by atoms with Crippen molar-refractivity contribution in [2.75, 3.05) is 11.4 Å². The van der Waals surface area contributed by atoms with Crippen molar-refractivity contribution in [2.45, 2.75) is 38.1 Å². The molecule has 9 heteroatoms. The summed E-state index contributed by atoms with van der Waals surface area (Å²) < 4.78 is 30.2. The second-order valence-corrected chi connectivity index (χ2v) is 9.02. The average Bonchev–Trinajstić information content (AvgIpc) is 3.17. The molecule has 0 saturated heterocycles. The fraction of sp³-hybridized carbons (Fsp3) is 0.286. The number of fused-ring (bicyclic) bond motifs is 1. The first kappa shape index (κ1) is 20.2. The summed E-state index contributed by atoms with van der Waals surface area (Å²) in [6.45, 7) is 4.20. The molecular weight excluding hydrogens is 402 g/mol. The number of pyridine rings is 1. The van der Waals surface area contributed by atoms with Gasteiger partial charge in [-0.3, -0.25) is 9.36 Å². The van der Waals surface area contributed by atoms with Gasteiger partial charge in [-0.15, -0.1) is 0 Å². The zero-order valence-electron chi connectivity index (χ0n) is 16.9. The van der Waals surface area contributed by atoms with E-state index in [0.717, 1.165) is 35.5 Å². The Bertz CT molecular complexity index is 1200. The zero-order chi connectivity index (χ0) is 21.3. The first-order valence-electron chi connectivity index (χ1n) is 9.71. The summed E-state index contributed by atoms with van der Waals surface area (Å²) in [5, 5.41) is 0. The van der Waals surface area contributed by atoms with Crippen molar-refractivity contribution >= 4 is 21.6 Å². The van der Waals surface area contributed by atoms with Crippen LogP contribution in [0.4, 0.5) is 5.69 Å².